The van der Waals surface area contributed by atoms with Gasteiger partial charge in [0.15, 0.2) is 5.65 Å². The van der Waals surface area contributed by atoms with E-state index in [-0.39, 0.29) is 16.7 Å². The number of rotatable bonds is 4. The number of aromatic nitrogens is 6. The maximum Gasteiger partial charge on any atom is 0.330 e. The van der Waals surface area contributed by atoms with E-state index in [0.29, 0.717) is 30.9 Å². The van der Waals surface area contributed by atoms with E-state index in [9.17, 15) is 9.59 Å². The van der Waals surface area contributed by atoms with Crippen LogP contribution in [0.2, 0.25) is 0 Å². The number of hydrogen-bond donors (Lipinski definition) is 2. The van der Waals surface area contributed by atoms with Gasteiger partial charge in [0.05, 0.1) is 11.8 Å². The number of fused-ring (bicyclic) bond motifs is 1. The van der Waals surface area contributed by atoms with E-state index in [0.717, 1.165) is 4.57 Å². The van der Waals surface area contributed by atoms with Crippen LogP contribution in [-0.4, -0.2) is 29.3 Å². The van der Waals surface area contributed by atoms with Crippen molar-refractivity contribution in [3.8, 4) is 23.7 Å². The summed E-state index contributed by atoms with van der Waals surface area (Å²) in [5.41, 5.74) is 0.360. The fourth-order valence-corrected chi connectivity index (χ4v) is 2.24. The molecule has 0 unspecified atom stereocenters. The Morgan fingerprint density at radius 1 is 1.36 bits per heavy atom. The summed E-state index contributed by atoms with van der Waals surface area (Å²) in [7, 11) is 0. The van der Waals surface area contributed by atoms with Crippen LogP contribution in [0.3, 0.4) is 0 Å². The molecule has 0 atom stereocenters. The number of imidazole rings is 1. The van der Waals surface area contributed by atoms with E-state index >= 15 is 0 Å². The number of H-pyrrole nitrogens is 2. The SMILES string of the molecule is C#CCn1cc(-c2nc3[nH]c(=O)n(CCC)c(=O)c3[nH]2)cn1. The fourth-order valence-electron chi connectivity index (χ4n) is 2.24. The van der Waals surface area contributed by atoms with Crippen LogP contribution in [0.4, 0.5) is 0 Å². The topological polar surface area (TPSA) is 101 Å². The van der Waals surface area contributed by atoms with Crippen molar-refractivity contribution >= 4 is 11.2 Å². The maximum atomic E-state index is 12.3. The number of hydrogen-bond acceptors (Lipinski definition) is 4. The van der Waals surface area contributed by atoms with Crippen LogP contribution >= 0.6 is 0 Å². The Morgan fingerprint density at radius 3 is 2.91 bits per heavy atom. The van der Waals surface area contributed by atoms with E-state index in [2.05, 4.69) is 26.0 Å². The normalized spacial score (nSPS) is 10.9. The lowest BCUT2D eigenvalue weighted by molar-refractivity contribution is 0.622. The Morgan fingerprint density at radius 2 is 2.18 bits per heavy atom. The molecule has 0 bridgehead atoms. The maximum absolute atomic E-state index is 12.3. The second kappa shape index (κ2) is 5.37. The van der Waals surface area contributed by atoms with Gasteiger partial charge in [-0.1, -0.05) is 12.8 Å². The van der Waals surface area contributed by atoms with Crippen LogP contribution in [0.5, 0.6) is 0 Å². The summed E-state index contributed by atoms with van der Waals surface area (Å²) in [6.07, 6.45) is 9.24. The Kier molecular flexibility index (Phi) is 3.39. The van der Waals surface area contributed by atoms with E-state index in [1.165, 1.54) is 0 Å². The lowest BCUT2D eigenvalue weighted by Gasteiger charge is -2.00. The third kappa shape index (κ3) is 2.22. The molecule has 112 valence electrons. The second-order valence-corrected chi connectivity index (χ2v) is 4.83. The molecule has 0 aliphatic rings. The van der Waals surface area contributed by atoms with Crippen molar-refractivity contribution in [2.24, 2.45) is 0 Å². The lowest BCUT2D eigenvalue weighted by atomic mass is 10.3. The van der Waals surface area contributed by atoms with Crippen molar-refractivity contribution in [1.29, 1.82) is 0 Å². The van der Waals surface area contributed by atoms with Crippen LogP contribution in [0.15, 0.2) is 22.0 Å². The van der Waals surface area contributed by atoms with Gasteiger partial charge in [0.2, 0.25) is 0 Å². The van der Waals surface area contributed by atoms with Crippen molar-refractivity contribution in [3.63, 3.8) is 0 Å². The summed E-state index contributed by atoms with van der Waals surface area (Å²) in [5.74, 6) is 2.94. The Bertz CT molecular complexity index is 981. The molecule has 3 aromatic rings. The van der Waals surface area contributed by atoms with E-state index in [1.54, 1.807) is 17.1 Å². The van der Waals surface area contributed by atoms with Gasteiger partial charge in [-0.3, -0.25) is 19.0 Å². The van der Waals surface area contributed by atoms with Crippen LogP contribution in [0.25, 0.3) is 22.6 Å². The van der Waals surface area contributed by atoms with E-state index in [4.69, 9.17) is 6.42 Å². The van der Waals surface area contributed by atoms with Gasteiger partial charge in [0.1, 0.15) is 17.9 Å². The summed E-state index contributed by atoms with van der Waals surface area (Å²) in [6, 6.07) is 0. The average Bonchev–Trinajstić information content (AvgIpc) is 3.10. The first-order valence-electron chi connectivity index (χ1n) is 6.83. The Labute approximate surface area is 124 Å². The molecule has 0 aromatic carbocycles. The van der Waals surface area contributed by atoms with Crippen molar-refractivity contribution < 1.29 is 0 Å². The van der Waals surface area contributed by atoms with E-state index < -0.39 is 5.69 Å². The molecule has 0 spiro atoms. The largest absolute Gasteiger partial charge is 0.332 e. The second-order valence-electron chi connectivity index (χ2n) is 4.83. The van der Waals surface area contributed by atoms with Gasteiger partial charge in [0, 0.05) is 12.7 Å². The molecule has 0 saturated heterocycles. The van der Waals surface area contributed by atoms with Gasteiger partial charge in [-0.25, -0.2) is 9.78 Å². The highest BCUT2D eigenvalue weighted by Gasteiger charge is 2.13. The van der Waals surface area contributed by atoms with Crippen molar-refractivity contribution in [2.45, 2.75) is 26.4 Å². The molecule has 0 saturated carbocycles. The van der Waals surface area contributed by atoms with Crippen LogP contribution < -0.4 is 11.2 Å². The van der Waals surface area contributed by atoms with Crippen molar-refractivity contribution in [1.82, 2.24) is 29.3 Å². The smallest absolute Gasteiger partial charge is 0.330 e. The summed E-state index contributed by atoms with van der Waals surface area (Å²) < 4.78 is 2.74. The quantitative estimate of drug-likeness (QED) is 0.677. The summed E-state index contributed by atoms with van der Waals surface area (Å²) in [4.78, 5) is 34.0. The number of nitrogens with zero attached hydrogens (tertiary/aromatic N) is 4. The molecule has 0 aliphatic carbocycles. The molecule has 0 fully saturated rings. The molecule has 0 radical (unpaired) electrons. The fraction of sp³-hybridized carbons (Fsp3) is 0.286. The highest BCUT2D eigenvalue weighted by Crippen LogP contribution is 2.16. The molecule has 0 aliphatic heterocycles. The van der Waals surface area contributed by atoms with Gasteiger partial charge in [-0.15, -0.1) is 6.42 Å². The first kappa shape index (κ1) is 13.9. The summed E-state index contributed by atoms with van der Waals surface area (Å²) in [6.45, 7) is 2.60. The minimum Gasteiger partial charge on any atom is -0.332 e. The summed E-state index contributed by atoms with van der Waals surface area (Å²) in [5, 5.41) is 4.10. The zero-order valence-electron chi connectivity index (χ0n) is 12.0. The molecule has 3 aromatic heterocycles. The predicted molar refractivity (Wildman–Crippen MR) is 81.3 cm³/mol. The monoisotopic (exact) mass is 298 g/mol. The highest BCUT2D eigenvalue weighted by atomic mass is 16.2. The molecule has 8 nitrogen and oxygen atoms in total. The molecule has 2 N–H and O–H groups in total. The minimum absolute atomic E-state index is 0.238. The van der Waals surface area contributed by atoms with Crippen LogP contribution in [-0.2, 0) is 13.1 Å². The van der Waals surface area contributed by atoms with Gasteiger partial charge in [-0.05, 0) is 6.42 Å². The number of nitrogens with one attached hydrogen (secondary N) is 2. The van der Waals surface area contributed by atoms with Crippen LogP contribution in [0, 0.1) is 12.3 Å². The van der Waals surface area contributed by atoms with Gasteiger partial charge in [-0.2, -0.15) is 5.10 Å². The zero-order valence-corrected chi connectivity index (χ0v) is 12.0. The first-order valence-corrected chi connectivity index (χ1v) is 6.83. The van der Waals surface area contributed by atoms with Gasteiger partial charge >= 0.3 is 5.69 Å². The molecule has 22 heavy (non-hydrogen) atoms. The summed E-state index contributed by atoms with van der Waals surface area (Å²) >= 11 is 0. The standard InChI is InChI=1S/C14H14N6O2/c1-3-5-19-8-9(7-15-19)11-16-10-12(17-11)18-14(22)20(6-4-2)13(10)21/h1,7-8H,4-6H2,2H3,(H,16,17)(H,18,22). The molecule has 3 rings (SSSR count). The lowest BCUT2D eigenvalue weighted by Crippen LogP contribution is -2.34. The Hall–Kier alpha value is -3.08. The highest BCUT2D eigenvalue weighted by molar-refractivity contribution is 5.74. The molecular weight excluding hydrogens is 284 g/mol. The molecule has 8 heteroatoms. The molecule has 0 amide bonds. The minimum atomic E-state index is -0.458. The Balaban J connectivity index is 2.13. The number of aromatic amines is 2. The third-order valence-corrected chi connectivity index (χ3v) is 3.24. The molecule has 3 heterocycles. The van der Waals surface area contributed by atoms with Gasteiger partial charge in [0.25, 0.3) is 5.56 Å². The third-order valence-electron chi connectivity index (χ3n) is 3.24. The van der Waals surface area contributed by atoms with Crippen LogP contribution in [0.1, 0.15) is 13.3 Å². The number of terminal acetylenes is 1. The van der Waals surface area contributed by atoms with Crippen molar-refractivity contribution in [2.75, 3.05) is 0 Å². The van der Waals surface area contributed by atoms with E-state index in [1.807, 2.05) is 6.92 Å². The first-order chi connectivity index (χ1) is 10.6. The van der Waals surface area contributed by atoms with Crippen molar-refractivity contribution in [3.05, 3.63) is 33.2 Å². The van der Waals surface area contributed by atoms with Gasteiger partial charge < -0.3 is 4.98 Å². The molecular formula is C14H14N6O2. The average molecular weight is 298 g/mol. The predicted octanol–water partition coefficient (Wildman–Crippen LogP) is 0.320. The zero-order chi connectivity index (χ0) is 15.7.